The second-order valence-corrected chi connectivity index (χ2v) is 9.86. The molecule has 168 valence electrons. The summed E-state index contributed by atoms with van der Waals surface area (Å²) in [6.45, 7) is 1.42. The van der Waals surface area contributed by atoms with Crippen molar-refractivity contribution in [3.63, 3.8) is 0 Å². The summed E-state index contributed by atoms with van der Waals surface area (Å²) in [5.41, 5.74) is 2.31. The molecule has 1 atom stereocenters. The Hall–Kier alpha value is -2.88. The highest BCUT2D eigenvalue weighted by molar-refractivity contribution is 9.10. The Morgan fingerprint density at radius 3 is 2.94 bits per heavy atom. The van der Waals surface area contributed by atoms with Gasteiger partial charge in [-0.1, -0.05) is 34.5 Å². The van der Waals surface area contributed by atoms with Crippen LogP contribution in [0.4, 0.5) is 5.69 Å². The van der Waals surface area contributed by atoms with Gasteiger partial charge in [-0.05, 0) is 54.1 Å². The van der Waals surface area contributed by atoms with Gasteiger partial charge in [-0.15, -0.1) is 21.6 Å². The minimum Gasteiger partial charge on any atom is -0.493 e. The van der Waals surface area contributed by atoms with Gasteiger partial charge in [0.25, 0.3) is 0 Å². The van der Waals surface area contributed by atoms with Crippen LogP contribution in [0.25, 0.3) is 10.9 Å². The standard InChI is InChI=1S/C24H22BrN5O2S/c25-17-8-9-20-18(13-17)22(27-28-23(31)21-7-4-12-33-21)24(32)30(20)15-29-11-2-1-6-19(29)16-5-3-10-26-14-16/h3-5,7-10,12-14,19,32H,1-2,6,11,15H2/t19-/m1/s1. The number of aromatic hydroxyl groups is 1. The van der Waals surface area contributed by atoms with Crippen molar-refractivity contribution in [1.82, 2.24) is 14.5 Å². The van der Waals surface area contributed by atoms with E-state index in [0.29, 0.717) is 17.2 Å². The van der Waals surface area contributed by atoms with Gasteiger partial charge in [-0.2, -0.15) is 0 Å². The molecular formula is C24H22BrN5O2S. The van der Waals surface area contributed by atoms with E-state index in [2.05, 4.69) is 42.1 Å². The SMILES string of the molecule is O=C(N=Nc1c(O)n(CN2CCCC[C@@H]2c2cccnc2)c2ccc(Br)cc12)c1cccs1. The summed E-state index contributed by atoms with van der Waals surface area (Å²) in [6.07, 6.45) is 7.01. The molecule has 3 aromatic heterocycles. The molecule has 5 rings (SSSR count). The van der Waals surface area contributed by atoms with E-state index in [9.17, 15) is 9.90 Å². The van der Waals surface area contributed by atoms with Crippen molar-refractivity contribution in [2.75, 3.05) is 6.54 Å². The summed E-state index contributed by atoms with van der Waals surface area (Å²) in [7, 11) is 0. The predicted molar refractivity (Wildman–Crippen MR) is 132 cm³/mol. The smallest absolute Gasteiger partial charge is 0.305 e. The van der Waals surface area contributed by atoms with Gasteiger partial charge in [-0.25, -0.2) is 0 Å². The molecule has 0 radical (unpaired) electrons. The maximum absolute atomic E-state index is 12.4. The number of amides is 1. The van der Waals surface area contributed by atoms with Crippen LogP contribution in [0.3, 0.4) is 0 Å². The summed E-state index contributed by atoms with van der Waals surface area (Å²) >= 11 is 4.82. The molecule has 1 saturated heterocycles. The third-order valence-electron chi connectivity index (χ3n) is 5.95. The third kappa shape index (κ3) is 4.48. The normalized spacial score (nSPS) is 17.2. The van der Waals surface area contributed by atoms with Crippen LogP contribution in [0.2, 0.25) is 0 Å². The second kappa shape index (κ2) is 9.54. The number of piperidine rings is 1. The molecule has 0 saturated carbocycles. The van der Waals surface area contributed by atoms with Crippen LogP contribution in [0, 0.1) is 0 Å². The highest BCUT2D eigenvalue weighted by Gasteiger charge is 2.27. The predicted octanol–water partition coefficient (Wildman–Crippen LogP) is 6.67. The van der Waals surface area contributed by atoms with Gasteiger partial charge in [0.2, 0.25) is 5.88 Å². The fourth-order valence-corrected chi connectivity index (χ4v) is 5.34. The molecule has 4 aromatic rings. The van der Waals surface area contributed by atoms with Gasteiger partial charge >= 0.3 is 5.91 Å². The number of likely N-dealkylation sites (tertiary alicyclic amines) is 1. The molecule has 0 spiro atoms. The van der Waals surface area contributed by atoms with Crippen LogP contribution in [-0.2, 0) is 6.67 Å². The van der Waals surface area contributed by atoms with Crippen LogP contribution in [0.15, 0.2) is 74.9 Å². The van der Waals surface area contributed by atoms with Crippen molar-refractivity contribution in [1.29, 1.82) is 0 Å². The number of azo groups is 1. The average Bonchev–Trinajstić information content (AvgIpc) is 3.46. The summed E-state index contributed by atoms with van der Waals surface area (Å²) in [4.78, 5) is 19.5. The van der Waals surface area contributed by atoms with Crippen LogP contribution >= 0.6 is 27.3 Å². The van der Waals surface area contributed by atoms with Gasteiger partial charge in [0, 0.05) is 34.8 Å². The first-order chi connectivity index (χ1) is 16.1. The lowest BCUT2D eigenvalue weighted by Gasteiger charge is -2.36. The summed E-state index contributed by atoms with van der Waals surface area (Å²) < 4.78 is 2.71. The van der Waals surface area contributed by atoms with E-state index in [1.165, 1.54) is 16.9 Å². The molecule has 1 aliphatic rings. The van der Waals surface area contributed by atoms with Crippen LogP contribution < -0.4 is 0 Å². The number of nitrogens with zero attached hydrogens (tertiary/aromatic N) is 5. The zero-order valence-electron chi connectivity index (χ0n) is 17.8. The highest BCUT2D eigenvalue weighted by atomic mass is 79.9. The average molecular weight is 524 g/mol. The molecule has 33 heavy (non-hydrogen) atoms. The first kappa shape index (κ1) is 21.9. The van der Waals surface area contributed by atoms with Crippen molar-refractivity contribution in [3.8, 4) is 5.88 Å². The number of rotatable bonds is 5. The van der Waals surface area contributed by atoms with E-state index >= 15 is 0 Å². The molecule has 0 unspecified atom stereocenters. The zero-order valence-corrected chi connectivity index (χ0v) is 20.2. The molecule has 1 aliphatic heterocycles. The number of benzene rings is 1. The lowest BCUT2D eigenvalue weighted by Crippen LogP contribution is -2.34. The number of halogens is 1. The highest BCUT2D eigenvalue weighted by Crippen LogP contribution is 2.41. The Morgan fingerprint density at radius 1 is 1.24 bits per heavy atom. The molecule has 0 bridgehead atoms. The summed E-state index contributed by atoms with van der Waals surface area (Å²) in [5, 5.41) is 21.8. The van der Waals surface area contributed by atoms with Gasteiger partial charge in [0.1, 0.15) is 0 Å². The lowest BCUT2D eigenvalue weighted by molar-refractivity contribution is 0.0999. The molecule has 4 heterocycles. The number of hydrogen-bond donors (Lipinski definition) is 1. The van der Waals surface area contributed by atoms with E-state index in [4.69, 9.17) is 0 Å². The summed E-state index contributed by atoms with van der Waals surface area (Å²) in [5.74, 6) is -0.422. The monoisotopic (exact) mass is 523 g/mol. The van der Waals surface area contributed by atoms with Crippen LogP contribution in [0.1, 0.15) is 40.5 Å². The third-order valence-corrected chi connectivity index (χ3v) is 7.30. The van der Waals surface area contributed by atoms with E-state index in [1.54, 1.807) is 18.3 Å². The minimum atomic E-state index is -0.423. The molecule has 1 fully saturated rings. The Bertz CT molecular complexity index is 1300. The first-order valence-corrected chi connectivity index (χ1v) is 12.4. The Balaban J connectivity index is 1.52. The Kier molecular flexibility index (Phi) is 6.34. The van der Waals surface area contributed by atoms with E-state index < -0.39 is 5.91 Å². The molecule has 1 aromatic carbocycles. The quantitative estimate of drug-likeness (QED) is 0.296. The molecule has 9 heteroatoms. The Labute approximate surface area is 203 Å². The minimum absolute atomic E-state index is 0.00124. The van der Waals surface area contributed by atoms with Gasteiger partial charge in [-0.3, -0.25) is 19.2 Å². The van der Waals surface area contributed by atoms with Crippen molar-refractivity contribution in [3.05, 3.63) is 75.2 Å². The number of hydrogen-bond acceptors (Lipinski definition) is 6. The summed E-state index contributed by atoms with van der Waals surface area (Å²) in [6, 6.07) is 13.6. The first-order valence-electron chi connectivity index (χ1n) is 10.8. The number of fused-ring (bicyclic) bond motifs is 1. The Morgan fingerprint density at radius 2 is 2.15 bits per heavy atom. The zero-order chi connectivity index (χ0) is 22.8. The molecule has 1 N–H and O–H groups in total. The number of carbonyl (C=O) groups excluding carboxylic acids is 1. The number of aromatic nitrogens is 2. The maximum Gasteiger partial charge on any atom is 0.305 e. The van der Waals surface area contributed by atoms with Crippen molar-refractivity contribution in [2.45, 2.75) is 32.0 Å². The molecule has 1 amide bonds. The van der Waals surface area contributed by atoms with E-state index in [-0.39, 0.29) is 11.9 Å². The van der Waals surface area contributed by atoms with E-state index in [1.807, 2.05) is 40.4 Å². The van der Waals surface area contributed by atoms with Crippen molar-refractivity contribution < 1.29 is 9.90 Å². The van der Waals surface area contributed by atoms with Crippen molar-refractivity contribution in [2.24, 2.45) is 10.2 Å². The fourth-order valence-electron chi connectivity index (χ4n) is 4.37. The largest absolute Gasteiger partial charge is 0.493 e. The van der Waals surface area contributed by atoms with Crippen molar-refractivity contribution >= 4 is 49.8 Å². The number of pyridine rings is 1. The van der Waals surface area contributed by atoms with E-state index in [0.717, 1.165) is 41.2 Å². The second-order valence-electron chi connectivity index (χ2n) is 8.00. The van der Waals surface area contributed by atoms with Crippen LogP contribution in [-0.4, -0.2) is 32.0 Å². The van der Waals surface area contributed by atoms with Crippen LogP contribution in [0.5, 0.6) is 5.88 Å². The molecule has 0 aliphatic carbocycles. The lowest BCUT2D eigenvalue weighted by atomic mass is 9.97. The fraction of sp³-hybridized carbons (Fsp3) is 0.250. The van der Waals surface area contributed by atoms with Gasteiger partial charge < -0.3 is 5.11 Å². The van der Waals surface area contributed by atoms with Gasteiger partial charge in [0.15, 0.2) is 5.69 Å². The number of thiophene rings is 1. The number of carbonyl (C=O) groups is 1. The molecule has 7 nitrogen and oxygen atoms in total. The maximum atomic E-state index is 12.4. The topological polar surface area (TPSA) is 83.1 Å². The van der Waals surface area contributed by atoms with Gasteiger partial charge in [0.05, 0.1) is 17.1 Å². The molecular weight excluding hydrogens is 502 g/mol.